The summed E-state index contributed by atoms with van der Waals surface area (Å²) in [6.07, 6.45) is -0.983. The van der Waals surface area contributed by atoms with Crippen molar-refractivity contribution in [2.24, 2.45) is 0 Å². The van der Waals surface area contributed by atoms with Crippen LogP contribution in [0.1, 0.15) is 32.4 Å². The van der Waals surface area contributed by atoms with Crippen molar-refractivity contribution < 1.29 is 13.9 Å². The first-order valence-corrected chi connectivity index (χ1v) is 5.31. The van der Waals surface area contributed by atoms with Crippen molar-refractivity contribution in [2.75, 3.05) is 0 Å². The lowest BCUT2D eigenvalue weighted by Gasteiger charge is -2.23. The third-order valence-corrected chi connectivity index (χ3v) is 2.35. The van der Waals surface area contributed by atoms with Crippen LogP contribution in [0.25, 0.3) is 0 Å². The van der Waals surface area contributed by atoms with Crippen molar-refractivity contribution in [1.29, 1.82) is 0 Å². The Kier molecular flexibility index (Phi) is 4.38. The van der Waals surface area contributed by atoms with Gasteiger partial charge in [-0.25, -0.2) is 8.78 Å². The largest absolute Gasteiger partial charge is 0.387 e. The average Bonchev–Trinajstić information content (AvgIpc) is 2.15. The lowest BCUT2D eigenvalue weighted by atomic mass is 10.0. The molecule has 0 heterocycles. The molecule has 0 aliphatic rings. The van der Waals surface area contributed by atoms with E-state index in [0.29, 0.717) is 0 Å². The van der Waals surface area contributed by atoms with Gasteiger partial charge in [-0.1, -0.05) is 19.9 Å². The van der Waals surface area contributed by atoms with Crippen LogP contribution in [-0.2, 0) is 0 Å². The van der Waals surface area contributed by atoms with Gasteiger partial charge in [0.15, 0.2) is 0 Å². The summed E-state index contributed by atoms with van der Waals surface area (Å²) in [6, 6.07) is 3.09. The molecule has 0 fully saturated rings. The van der Waals surface area contributed by atoms with E-state index in [1.54, 1.807) is 6.92 Å². The van der Waals surface area contributed by atoms with Crippen LogP contribution in [0.3, 0.4) is 0 Å². The quantitative estimate of drug-likeness (QED) is 0.830. The SMILES string of the molecule is CC(C)NC(C)C(O)c1ccc(F)cc1F. The van der Waals surface area contributed by atoms with Gasteiger partial charge in [-0.15, -0.1) is 0 Å². The molecule has 1 aromatic carbocycles. The lowest BCUT2D eigenvalue weighted by molar-refractivity contribution is 0.127. The predicted octanol–water partition coefficient (Wildman–Crippen LogP) is 2.38. The molecule has 2 unspecified atom stereocenters. The van der Waals surface area contributed by atoms with E-state index in [2.05, 4.69) is 5.32 Å². The highest BCUT2D eigenvalue weighted by molar-refractivity contribution is 5.22. The fourth-order valence-electron chi connectivity index (χ4n) is 1.63. The zero-order valence-electron chi connectivity index (χ0n) is 9.67. The topological polar surface area (TPSA) is 32.3 Å². The molecule has 0 saturated heterocycles. The lowest BCUT2D eigenvalue weighted by Crippen LogP contribution is -2.37. The molecule has 4 heteroatoms. The van der Waals surface area contributed by atoms with Crippen LogP contribution in [-0.4, -0.2) is 17.2 Å². The average molecular weight is 229 g/mol. The predicted molar refractivity (Wildman–Crippen MR) is 59.1 cm³/mol. The maximum Gasteiger partial charge on any atom is 0.131 e. The van der Waals surface area contributed by atoms with Crippen molar-refractivity contribution in [2.45, 2.75) is 39.0 Å². The van der Waals surface area contributed by atoms with E-state index in [9.17, 15) is 13.9 Å². The van der Waals surface area contributed by atoms with Crippen molar-refractivity contribution in [3.8, 4) is 0 Å². The van der Waals surface area contributed by atoms with Crippen molar-refractivity contribution >= 4 is 0 Å². The van der Waals surface area contributed by atoms with Crippen molar-refractivity contribution in [3.63, 3.8) is 0 Å². The van der Waals surface area contributed by atoms with Gasteiger partial charge in [-0.3, -0.25) is 0 Å². The molecule has 0 spiro atoms. The molecule has 0 bridgehead atoms. The maximum atomic E-state index is 13.4. The number of rotatable bonds is 4. The number of benzene rings is 1. The minimum atomic E-state index is -0.983. The summed E-state index contributed by atoms with van der Waals surface area (Å²) in [7, 11) is 0. The summed E-state index contributed by atoms with van der Waals surface area (Å²) in [4.78, 5) is 0. The van der Waals surface area contributed by atoms with E-state index in [1.165, 1.54) is 6.07 Å². The molecule has 0 saturated carbocycles. The van der Waals surface area contributed by atoms with E-state index < -0.39 is 17.7 Å². The van der Waals surface area contributed by atoms with Gasteiger partial charge in [-0.2, -0.15) is 0 Å². The Balaban J connectivity index is 2.83. The molecule has 0 aliphatic carbocycles. The Hall–Kier alpha value is -1.00. The Morgan fingerprint density at radius 1 is 1.19 bits per heavy atom. The van der Waals surface area contributed by atoms with Crippen LogP contribution in [0.4, 0.5) is 8.78 Å². The van der Waals surface area contributed by atoms with E-state index in [-0.39, 0.29) is 17.6 Å². The minimum absolute atomic E-state index is 0.113. The number of hydrogen-bond acceptors (Lipinski definition) is 2. The molecule has 16 heavy (non-hydrogen) atoms. The fourth-order valence-corrected chi connectivity index (χ4v) is 1.63. The molecule has 0 aromatic heterocycles. The summed E-state index contributed by atoms with van der Waals surface area (Å²) >= 11 is 0. The molecular formula is C12H17F2NO. The van der Waals surface area contributed by atoms with Crippen LogP contribution in [0, 0.1) is 11.6 Å². The van der Waals surface area contributed by atoms with Crippen molar-refractivity contribution in [3.05, 3.63) is 35.4 Å². The second-order valence-electron chi connectivity index (χ2n) is 4.22. The number of nitrogens with one attached hydrogen (secondary N) is 1. The van der Waals surface area contributed by atoms with E-state index in [0.717, 1.165) is 12.1 Å². The first-order chi connectivity index (χ1) is 7.41. The van der Waals surface area contributed by atoms with Gasteiger partial charge in [-0.05, 0) is 13.0 Å². The van der Waals surface area contributed by atoms with Gasteiger partial charge in [0.05, 0.1) is 6.10 Å². The van der Waals surface area contributed by atoms with Gasteiger partial charge in [0.2, 0.25) is 0 Å². The van der Waals surface area contributed by atoms with E-state index >= 15 is 0 Å². The van der Waals surface area contributed by atoms with Crippen LogP contribution in [0.2, 0.25) is 0 Å². The van der Waals surface area contributed by atoms with Gasteiger partial charge in [0, 0.05) is 23.7 Å². The fraction of sp³-hybridized carbons (Fsp3) is 0.500. The molecule has 0 aliphatic heterocycles. The van der Waals surface area contributed by atoms with Gasteiger partial charge in [0.1, 0.15) is 11.6 Å². The second-order valence-corrected chi connectivity index (χ2v) is 4.22. The first-order valence-electron chi connectivity index (χ1n) is 5.31. The third-order valence-electron chi connectivity index (χ3n) is 2.35. The third kappa shape index (κ3) is 3.25. The molecule has 90 valence electrons. The highest BCUT2D eigenvalue weighted by Gasteiger charge is 2.20. The maximum absolute atomic E-state index is 13.4. The summed E-state index contributed by atoms with van der Waals surface area (Å²) < 4.78 is 26.1. The molecular weight excluding hydrogens is 212 g/mol. The number of halogens is 2. The number of aliphatic hydroxyl groups is 1. The van der Waals surface area contributed by atoms with Crippen LogP contribution >= 0.6 is 0 Å². The zero-order chi connectivity index (χ0) is 12.3. The Morgan fingerprint density at radius 3 is 2.31 bits per heavy atom. The standard InChI is InChI=1S/C12H17F2NO/c1-7(2)15-8(3)12(16)10-5-4-9(13)6-11(10)14/h4-8,12,15-16H,1-3H3. The summed E-state index contributed by atoms with van der Waals surface area (Å²) in [6.45, 7) is 5.63. The first kappa shape index (κ1) is 13.1. The van der Waals surface area contributed by atoms with Crippen molar-refractivity contribution in [1.82, 2.24) is 5.32 Å². The van der Waals surface area contributed by atoms with Gasteiger partial charge in [0.25, 0.3) is 0 Å². The smallest absolute Gasteiger partial charge is 0.131 e. The molecule has 0 radical (unpaired) electrons. The van der Waals surface area contributed by atoms with Crippen LogP contribution in [0.5, 0.6) is 0 Å². The van der Waals surface area contributed by atoms with Crippen LogP contribution < -0.4 is 5.32 Å². The minimum Gasteiger partial charge on any atom is -0.387 e. The van der Waals surface area contributed by atoms with Crippen LogP contribution in [0.15, 0.2) is 18.2 Å². The Bertz CT molecular complexity index is 355. The van der Waals surface area contributed by atoms with Gasteiger partial charge < -0.3 is 10.4 Å². The second kappa shape index (κ2) is 5.37. The van der Waals surface area contributed by atoms with E-state index in [4.69, 9.17) is 0 Å². The Labute approximate surface area is 94.3 Å². The normalized spacial score (nSPS) is 15.2. The Morgan fingerprint density at radius 2 is 1.81 bits per heavy atom. The highest BCUT2D eigenvalue weighted by Crippen LogP contribution is 2.21. The number of hydrogen-bond donors (Lipinski definition) is 2. The zero-order valence-corrected chi connectivity index (χ0v) is 9.67. The molecule has 2 N–H and O–H groups in total. The monoisotopic (exact) mass is 229 g/mol. The molecule has 0 amide bonds. The summed E-state index contributed by atoms with van der Waals surface area (Å²) in [5.74, 6) is -1.36. The molecule has 1 aromatic rings. The summed E-state index contributed by atoms with van der Waals surface area (Å²) in [5.41, 5.74) is 0.113. The molecule has 1 rings (SSSR count). The number of aliphatic hydroxyl groups excluding tert-OH is 1. The van der Waals surface area contributed by atoms with Gasteiger partial charge >= 0.3 is 0 Å². The molecule has 2 nitrogen and oxygen atoms in total. The summed E-state index contributed by atoms with van der Waals surface area (Å²) in [5, 5.41) is 13.0. The highest BCUT2D eigenvalue weighted by atomic mass is 19.1. The van der Waals surface area contributed by atoms with E-state index in [1.807, 2.05) is 13.8 Å². The molecule has 2 atom stereocenters.